The first-order chi connectivity index (χ1) is 9.13. The van der Waals surface area contributed by atoms with E-state index in [9.17, 15) is 9.18 Å². The van der Waals surface area contributed by atoms with Crippen LogP contribution in [0.3, 0.4) is 0 Å². The normalized spacial score (nSPS) is 11.9. The van der Waals surface area contributed by atoms with E-state index in [0.717, 1.165) is 0 Å². The zero-order chi connectivity index (χ0) is 13.8. The molecule has 0 aliphatic carbocycles. The monoisotopic (exact) mass is 278 g/mol. The number of hydrogen-bond acceptors (Lipinski definition) is 2. The molecule has 0 saturated heterocycles. The van der Waals surface area contributed by atoms with Crippen molar-refractivity contribution in [2.24, 2.45) is 0 Å². The van der Waals surface area contributed by atoms with Crippen LogP contribution in [0.15, 0.2) is 48.5 Å². The van der Waals surface area contributed by atoms with Gasteiger partial charge in [-0.25, -0.2) is 4.39 Å². The van der Waals surface area contributed by atoms with E-state index in [-0.39, 0.29) is 11.5 Å². The summed E-state index contributed by atoms with van der Waals surface area (Å²) in [7, 11) is 1.35. The van der Waals surface area contributed by atoms with E-state index in [0.29, 0.717) is 11.1 Å². The Kier molecular flexibility index (Phi) is 4.17. The van der Waals surface area contributed by atoms with Crippen molar-refractivity contribution in [3.05, 3.63) is 65.5 Å². The molecule has 0 aromatic heterocycles. The lowest BCUT2D eigenvalue weighted by atomic mass is 10.0. The van der Waals surface area contributed by atoms with E-state index in [2.05, 4.69) is 0 Å². The van der Waals surface area contributed by atoms with E-state index in [4.69, 9.17) is 16.3 Å². The van der Waals surface area contributed by atoms with Crippen molar-refractivity contribution < 1.29 is 13.9 Å². The lowest BCUT2D eigenvalue weighted by Gasteiger charge is -2.10. The van der Waals surface area contributed by atoms with Crippen LogP contribution in [-0.4, -0.2) is 12.9 Å². The van der Waals surface area contributed by atoms with Crippen LogP contribution in [0.4, 0.5) is 4.39 Å². The van der Waals surface area contributed by atoms with Crippen molar-refractivity contribution >= 4 is 17.4 Å². The highest BCUT2D eigenvalue weighted by atomic mass is 35.5. The first-order valence-corrected chi connectivity index (χ1v) is 6.14. The molecule has 0 radical (unpaired) electrons. The molecule has 0 spiro atoms. The first-order valence-electron chi connectivity index (χ1n) is 5.70. The molecule has 98 valence electrons. The Morgan fingerprint density at radius 2 is 1.89 bits per heavy atom. The van der Waals surface area contributed by atoms with Crippen molar-refractivity contribution in [1.82, 2.24) is 0 Å². The van der Waals surface area contributed by atoms with Gasteiger partial charge in [-0.3, -0.25) is 4.79 Å². The van der Waals surface area contributed by atoms with Gasteiger partial charge in [-0.05, 0) is 23.8 Å². The maximum Gasteiger partial charge on any atom is 0.185 e. The van der Waals surface area contributed by atoms with Gasteiger partial charge in [0.2, 0.25) is 0 Å². The molecule has 2 rings (SSSR count). The Hall–Kier alpha value is -1.87. The minimum atomic E-state index is -0.795. The molecule has 0 aliphatic rings. The van der Waals surface area contributed by atoms with Gasteiger partial charge in [0.1, 0.15) is 5.38 Å². The molecule has 2 aromatic carbocycles. The van der Waals surface area contributed by atoms with Crippen molar-refractivity contribution in [3.63, 3.8) is 0 Å². The van der Waals surface area contributed by atoms with Gasteiger partial charge in [0.15, 0.2) is 17.3 Å². The fourth-order valence-corrected chi connectivity index (χ4v) is 2.00. The largest absolute Gasteiger partial charge is 0.494 e. The summed E-state index contributed by atoms with van der Waals surface area (Å²) in [5, 5.41) is -0.795. The average Bonchev–Trinajstić information content (AvgIpc) is 2.47. The third-order valence-electron chi connectivity index (χ3n) is 2.76. The number of carbonyl (C=O) groups excluding carboxylic acids is 1. The van der Waals surface area contributed by atoms with Crippen LogP contribution in [0.25, 0.3) is 0 Å². The number of Topliss-reactive ketones (excluding diaryl/α,β-unsaturated/α-hetero) is 1. The van der Waals surface area contributed by atoms with Crippen LogP contribution in [-0.2, 0) is 0 Å². The van der Waals surface area contributed by atoms with E-state index in [1.54, 1.807) is 12.1 Å². The molecule has 0 heterocycles. The summed E-state index contributed by atoms with van der Waals surface area (Å²) in [5.41, 5.74) is 1.03. The van der Waals surface area contributed by atoms with Crippen LogP contribution < -0.4 is 4.74 Å². The number of methoxy groups -OCH3 is 1. The summed E-state index contributed by atoms with van der Waals surface area (Å²) in [6.45, 7) is 0. The van der Waals surface area contributed by atoms with Gasteiger partial charge in [0.25, 0.3) is 0 Å². The molecule has 0 amide bonds. The third kappa shape index (κ3) is 2.93. The quantitative estimate of drug-likeness (QED) is 0.624. The zero-order valence-corrected chi connectivity index (χ0v) is 11.0. The number of ether oxygens (including phenoxy) is 1. The number of rotatable bonds is 4. The SMILES string of the molecule is COc1cc(C(=O)C(Cl)c2ccccc2)ccc1F. The summed E-state index contributed by atoms with van der Waals surface area (Å²) >= 11 is 6.14. The van der Waals surface area contributed by atoms with Crippen LogP contribution in [0.2, 0.25) is 0 Å². The van der Waals surface area contributed by atoms with E-state index < -0.39 is 11.2 Å². The summed E-state index contributed by atoms with van der Waals surface area (Å²) in [5.74, 6) is -0.765. The zero-order valence-electron chi connectivity index (χ0n) is 10.3. The van der Waals surface area contributed by atoms with Crippen molar-refractivity contribution in [3.8, 4) is 5.75 Å². The van der Waals surface area contributed by atoms with E-state index in [1.807, 2.05) is 18.2 Å². The minimum absolute atomic E-state index is 0.0304. The van der Waals surface area contributed by atoms with Crippen molar-refractivity contribution in [2.75, 3.05) is 7.11 Å². The Morgan fingerprint density at radius 3 is 2.53 bits per heavy atom. The summed E-state index contributed by atoms with van der Waals surface area (Å²) in [6.07, 6.45) is 0. The average molecular weight is 279 g/mol. The Labute approximate surface area is 115 Å². The molecule has 0 N–H and O–H groups in total. The summed E-state index contributed by atoms with van der Waals surface area (Å²) < 4.78 is 18.1. The smallest absolute Gasteiger partial charge is 0.185 e. The van der Waals surface area contributed by atoms with Gasteiger partial charge in [-0.1, -0.05) is 30.3 Å². The molecule has 1 unspecified atom stereocenters. The highest BCUT2D eigenvalue weighted by Gasteiger charge is 2.20. The van der Waals surface area contributed by atoms with Gasteiger partial charge in [-0.2, -0.15) is 0 Å². The maximum atomic E-state index is 13.3. The van der Waals surface area contributed by atoms with Crippen LogP contribution in [0.5, 0.6) is 5.75 Å². The van der Waals surface area contributed by atoms with Gasteiger partial charge >= 0.3 is 0 Å². The van der Waals surface area contributed by atoms with Crippen LogP contribution in [0, 0.1) is 5.82 Å². The number of halogens is 2. The second kappa shape index (κ2) is 5.85. The molecule has 0 bridgehead atoms. The molecular weight excluding hydrogens is 267 g/mol. The number of alkyl halides is 1. The molecule has 19 heavy (non-hydrogen) atoms. The molecule has 0 fully saturated rings. The van der Waals surface area contributed by atoms with E-state index in [1.165, 1.54) is 25.3 Å². The predicted molar refractivity (Wildman–Crippen MR) is 72.3 cm³/mol. The predicted octanol–water partition coefficient (Wildman–Crippen LogP) is 4.00. The van der Waals surface area contributed by atoms with Gasteiger partial charge in [0, 0.05) is 5.56 Å². The van der Waals surface area contributed by atoms with Crippen molar-refractivity contribution in [1.29, 1.82) is 0 Å². The standard InChI is InChI=1S/C15H12ClFO2/c1-19-13-9-11(7-8-12(13)17)15(18)14(16)10-5-3-2-4-6-10/h2-9,14H,1H3. The number of carbonyl (C=O) groups is 1. The number of benzene rings is 2. The fraction of sp³-hybridized carbons (Fsp3) is 0.133. The maximum absolute atomic E-state index is 13.3. The second-order valence-corrected chi connectivity index (χ2v) is 4.42. The lowest BCUT2D eigenvalue weighted by Crippen LogP contribution is -2.08. The van der Waals surface area contributed by atoms with Gasteiger partial charge < -0.3 is 4.74 Å². The number of hydrogen-bond donors (Lipinski definition) is 0. The van der Waals surface area contributed by atoms with Crippen LogP contribution in [0.1, 0.15) is 21.3 Å². The fourth-order valence-electron chi connectivity index (χ4n) is 1.73. The molecule has 0 saturated carbocycles. The Morgan fingerprint density at radius 1 is 1.21 bits per heavy atom. The van der Waals surface area contributed by atoms with Gasteiger partial charge in [0.05, 0.1) is 7.11 Å². The van der Waals surface area contributed by atoms with Gasteiger partial charge in [-0.15, -0.1) is 11.6 Å². The summed E-state index contributed by atoms with van der Waals surface area (Å²) in [6, 6.07) is 13.0. The molecule has 4 heteroatoms. The molecule has 1 atom stereocenters. The van der Waals surface area contributed by atoms with E-state index >= 15 is 0 Å². The molecule has 2 nitrogen and oxygen atoms in total. The van der Waals surface area contributed by atoms with Crippen molar-refractivity contribution in [2.45, 2.75) is 5.38 Å². The highest BCUT2D eigenvalue weighted by molar-refractivity contribution is 6.33. The molecule has 2 aromatic rings. The topological polar surface area (TPSA) is 26.3 Å². The Bertz CT molecular complexity index is 584. The van der Waals surface area contributed by atoms with Crippen LogP contribution >= 0.6 is 11.6 Å². The third-order valence-corrected chi connectivity index (χ3v) is 3.21. The number of ketones is 1. The lowest BCUT2D eigenvalue weighted by molar-refractivity contribution is 0.0986. The molecule has 0 aliphatic heterocycles. The Balaban J connectivity index is 2.29. The second-order valence-electron chi connectivity index (χ2n) is 3.99. The molecular formula is C15H12ClFO2. The minimum Gasteiger partial charge on any atom is -0.494 e. The summed E-state index contributed by atoms with van der Waals surface area (Å²) in [4.78, 5) is 12.2. The first kappa shape index (κ1) is 13.6. The highest BCUT2D eigenvalue weighted by Crippen LogP contribution is 2.27.